The molecule has 2 heteroatoms. The number of Topliss-reactive ketones (excluding diaryl/α,β-unsaturated/α-hetero) is 1. The van der Waals surface area contributed by atoms with Gasteiger partial charge in [0.25, 0.3) is 0 Å². The van der Waals surface area contributed by atoms with Crippen LogP contribution in [0.5, 0.6) is 0 Å². The van der Waals surface area contributed by atoms with Gasteiger partial charge in [0.05, 0.1) is 0 Å². The summed E-state index contributed by atoms with van der Waals surface area (Å²) in [4.78, 5) is 12.5. The zero-order valence-corrected chi connectivity index (χ0v) is 12.1. The molecule has 0 heterocycles. The SMILES string of the molecule is CC(C)(C)C(=O)C1CCC(Cl)C1c1ccccc1. The summed E-state index contributed by atoms with van der Waals surface area (Å²) in [5.41, 5.74) is 0.927. The van der Waals surface area contributed by atoms with Gasteiger partial charge in [0.15, 0.2) is 0 Å². The van der Waals surface area contributed by atoms with E-state index in [1.54, 1.807) is 0 Å². The number of hydrogen-bond acceptors (Lipinski definition) is 1. The Morgan fingerprint density at radius 2 is 1.78 bits per heavy atom. The van der Waals surface area contributed by atoms with Crippen LogP contribution in [0.25, 0.3) is 0 Å². The van der Waals surface area contributed by atoms with Gasteiger partial charge in [-0.2, -0.15) is 0 Å². The van der Waals surface area contributed by atoms with E-state index >= 15 is 0 Å². The summed E-state index contributed by atoms with van der Waals surface area (Å²) in [5, 5.41) is 0.0868. The van der Waals surface area contributed by atoms with E-state index in [2.05, 4.69) is 12.1 Å². The summed E-state index contributed by atoms with van der Waals surface area (Å²) in [6.07, 6.45) is 1.86. The van der Waals surface area contributed by atoms with Crippen molar-refractivity contribution >= 4 is 17.4 Å². The Kier molecular flexibility index (Phi) is 3.82. The van der Waals surface area contributed by atoms with E-state index in [1.807, 2.05) is 39.0 Å². The second kappa shape index (κ2) is 5.05. The van der Waals surface area contributed by atoms with Gasteiger partial charge in [0.2, 0.25) is 0 Å². The number of benzene rings is 1. The van der Waals surface area contributed by atoms with Crippen molar-refractivity contribution in [3.05, 3.63) is 35.9 Å². The molecule has 1 fully saturated rings. The number of ketones is 1. The van der Waals surface area contributed by atoms with Crippen LogP contribution in [0.15, 0.2) is 30.3 Å². The van der Waals surface area contributed by atoms with Gasteiger partial charge in [-0.1, -0.05) is 51.1 Å². The van der Waals surface area contributed by atoms with Gasteiger partial charge >= 0.3 is 0 Å². The van der Waals surface area contributed by atoms with E-state index in [0.29, 0.717) is 5.78 Å². The lowest BCUT2D eigenvalue weighted by atomic mass is 9.76. The minimum absolute atomic E-state index is 0.0786. The molecule has 1 aliphatic rings. The predicted octanol–water partition coefficient (Wildman–Crippen LogP) is 4.40. The molecule has 0 bridgehead atoms. The molecule has 18 heavy (non-hydrogen) atoms. The maximum Gasteiger partial charge on any atom is 0.141 e. The van der Waals surface area contributed by atoms with Crippen LogP contribution in [0.4, 0.5) is 0 Å². The largest absolute Gasteiger partial charge is 0.299 e. The van der Waals surface area contributed by atoms with Crippen LogP contribution in [0.2, 0.25) is 0 Å². The zero-order chi connectivity index (χ0) is 13.3. The predicted molar refractivity (Wildman–Crippen MR) is 76.0 cm³/mol. The number of halogens is 1. The summed E-state index contributed by atoms with van der Waals surface area (Å²) >= 11 is 6.45. The monoisotopic (exact) mass is 264 g/mol. The van der Waals surface area contributed by atoms with E-state index in [0.717, 1.165) is 12.8 Å². The first-order valence-corrected chi connectivity index (χ1v) is 7.08. The van der Waals surface area contributed by atoms with Gasteiger partial charge < -0.3 is 0 Å². The minimum Gasteiger partial charge on any atom is -0.299 e. The van der Waals surface area contributed by atoms with Crippen LogP contribution in [-0.4, -0.2) is 11.2 Å². The molecule has 0 amide bonds. The van der Waals surface area contributed by atoms with Crippen molar-refractivity contribution in [3.8, 4) is 0 Å². The van der Waals surface area contributed by atoms with E-state index < -0.39 is 0 Å². The highest BCUT2D eigenvalue weighted by Crippen LogP contribution is 2.45. The molecular weight excluding hydrogens is 244 g/mol. The summed E-state index contributed by atoms with van der Waals surface area (Å²) in [7, 11) is 0. The van der Waals surface area contributed by atoms with Crippen molar-refractivity contribution in [2.45, 2.75) is 44.9 Å². The van der Waals surface area contributed by atoms with Crippen LogP contribution in [0.3, 0.4) is 0 Å². The summed E-state index contributed by atoms with van der Waals surface area (Å²) in [5.74, 6) is 0.606. The van der Waals surface area contributed by atoms with Gasteiger partial charge in [-0.25, -0.2) is 0 Å². The molecule has 0 aromatic heterocycles. The topological polar surface area (TPSA) is 17.1 Å². The van der Waals surface area contributed by atoms with Crippen LogP contribution >= 0.6 is 11.6 Å². The van der Waals surface area contributed by atoms with Crippen LogP contribution < -0.4 is 0 Å². The Morgan fingerprint density at radius 3 is 2.33 bits per heavy atom. The van der Waals surface area contributed by atoms with Crippen LogP contribution in [-0.2, 0) is 4.79 Å². The standard InChI is InChI=1S/C16H21ClO/c1-16(2,3)15(18)12-9-10-13(17)14(12)11-7-5-4-6-8-11/h4-8,12-14H,9-10H2,1-3H3. The summed E-state index contributed by atoms with van der Waals surface area (Å²) in [6, 6.07) is 10.2. The lowest BCUT2D eigenvalue weighted by Crippen LogP contribution is -2.31. The van der Waals surface area contributed by atoms with Crippen molar-refractivity contribution in [1.82, 2.24) is 0 Å². The molecule has 1 saturated carbocycles. The highest BCUT2D eigenvalue weighted by molar-refractivity contribution is 6.21. The molecule has 0 radical (unpaired) electrons. The first-order valence-electron chi connectivity index (χ1n) is 6.64. The average molecular weight is 265 g/mol. The molecule has 1 aromatic carbocycles. The van der Waals surface area contributed by atoms with Gasteiger partial charge in [0.1, 0.15) is 5.78 Å². The fraction of sp³-hybridized carbons (Fsp3) is 0.562. The van der Waals surface area contributed by atoms with Crippen molar-refractivity contribution in [3.63, 3.8) is 0 Å². The van der Waals surface area contributed by atoms with Crippen LogP contribution in [0.1, 0.15) is 45.1 Å². The lowest BCUT2D eigenvalue weighted by molar-refractivity contribution is -0.130. The first-order chi connectivity index (χ1) is 8.41. The molecule has 1 aromatic rings. The smallest absolute Gasteiger partial charge is 0.141 e. The maximum atomic E-state index is 12.5. The van der Waals surface area contributed by atoms with Crippen molar-refractivity contribution in [1.29, 1.82) is 0 Å². The number of hydrogen-bond donors (Lipinski definition) is 0. The summed E-state index contributed by atoms with van der Waals surface area (Å²) < 4.78 is 0. The molecule has 0 aliphatic heterocycles. The van der Waals surface area contributed by atoms with Crippen LogP contribution in [0, 0.1) is 11.3 Å². The maximum absolute atomic E-state index is 12.5. The lowest BCUT2D eigenvalue weighted by Gasteiger charge is -2.27. The minimum atomic E-state index is -0.279. The Hall–Kier alpha value is -0.820. The molecule has 2 rings (SSSR count). The fourth-order valence-electron chi connectivity index (χ4n) is 2.92. The van der Waals surface area contributed by atoms with E-state index in [1.165, 1.54) is 5.56 Å². The Bertz CT molecular complexity index is 418. The Labute approximate surface area is 115 Å². The zero-order valence-electron chi connectivity index (χ0n) is 11.3. The van der Waals surface area contributed by atoms with Gasteiger partial charge in [-0.3, -0.25) is 4.79 Å². The van der Waals surface area contributed by atoms with Crippen molar-refractivity contribution < 1.29 is 4.79 Å². The average Bonchev–Trinajstić information content (AvgIpc) is 2.70. The Morgan fingerprint density at radius 1 is 1.17 bits per heavy atom. The normalized spacial score (nSPS) is 28.3. The van der Waals surface area contributed by atoms with E-state index in [-0.39, 0.29) is 22.6 Å². The molecule has 0 N–H and O–H groups in total. The highest BCUT2D eigenvalue weighted by Gasteiger charge is 2.43. The quantitative estimate of drug-likeness (QED) is 0.724. The third kappa shape index (κ3) is 2.61. The van der Waals surface area contributed by atoms with Gasteiger partial charge in [-0.05, 0) is 18.4 Å². The molecule has 1 aliphatic carbocycles. The number of alkyl halides is 1. The van der Waals surface area contributed by atoms with E-state index in [4.69, 9.17) is 11.6 Å². The van der Waals surface area contributed by atoms with Crippen molar-refractivity contribution in [2.75, 3.05) is 0 Å². The molecular formula is C16H21ClO. The Balaban J connectivity index is 2.29. The molecule has 98 valence electrons. The van der Waals surface area contributed by atoms with Gasteiger partial charge in [0, 0.05) is 22.6 Å². The van der Waals surface area contributed by atoms with Crippen molar-refractivity contribution in [2.24, 2.45) is 11.3 Å². The first kappa shape index (κ1) is 13.6. The third-order valence-corrected chi connectivity index (χ3v) is 4.33. The van der Waals surface area contributed by atoms with E-state index in [9.17, 15) is 4.79 Å². The highest BCUT2D eigenvalue weighted by atomic mass is 35.5. The molecule has 3 unspecified atom stereocenters. The fourth-order valence-corrected chi connectivity index (χ4v) is 3.36. The number of carbonyl (C=O) groups is 1. The van der Waals surface area contributed by atoms with Gasteiger partial charge in [-0.15, -0.1) is 11.6 Å². The second-order valence-electron chi connectivity index (χ2n) is 6.25. The summed E-state index contributed by atoms with van der Waals surface area (Å²) in [6.45, 7) is 6.00. The molecule has 0 saturated heterocycles. The molecule has 0 spiro atoms. The molecule has 1 nitrogen and oxygen atoms in total. The molecule has 3 atom stereocenters. The second-order valence-corrected chi connectivity index (χ2v) is 6.81. The third-order valence-electron chi connectivity index (χ3n) is 3.84. The number of rotatable bonds is 2. The number of carbonyl (C=O) groups excluding carboxylic acids is 1.